The molecule has 0 saturated carbocycles. The lowest BCUT2D eigenvalue weighted by Crippen LogP contribution is -2.47. The van der Waals surface area contributed by atoms with Crippen molar-refractivity contribution in [1.82, 2.24) is 20.8 Å². The Bertz CT molecular complexity index is 1600. The highest BCUT2D eigenvalue weighted by molar-refractivity contribution is 7.16. The Balaban J connectivity index is 1.53. The van der Waals surface area contributed by atoms with E-state index in [1.807, 2.05) is 18.2 Å². The van der Waals surface area contributed by atoms with Gasteiger partial charge in [0.25, 0.3) is 11.8 Å². The molecule has 0 aliphatic rings. The minimum absolute atomic E-state index is 0.0601. The molecule has 0 radical (unpaired) electrons. The van der Waals surface area contributed by atoms with E-state index in [1.165, 1.54) is 6.07 Å². The molecule has 2 aromatic heterocycles. The van der Waals surface area contributed by atoms with Crippen molar-refractivity contribution >= 4 is 45.8 Å². The number of ketones is 1. The molecule has 0 saturated heterocycles. The van der Waals surface area contributed by atoms with Gasteiger partial charge in [-0.3, -0.25) is 19.5 Å². The second-order valence-corrected chi connectivity index (χ2v) is 8.98. The second kappa shape index (κ2) is 10.8. The molecule has 192 valence electrons. The molecule has 2 aromatic carbocycles. The fourth-order valence-electron chi connectivity index (χ4n) is 3.65. The van der Waals surface area contributed by atoms with Gasteiger partial charge >= 0.3 is 5.97 Å². The van der Waals surface area contributed by atoms with Crippen LogP contribution in [-0.4, -0.2) is 57.1 Å². The number of benzene rings is 2. The van der Waals surface area contributed by atoms with E-state index in [0.29, 0.717) is 11.3 Å². The van der Waals surface area contributed by atoms with Crippen LogP contribution in [0.1, 0.15) is 40.8 Å². The number of methoxy groups -OCH3 is 1. The first-order valence-corrected chi connectivity index (χ1v) is 11.7. The Morgan fingerprint density at radius 1 is 1.13 bits per heavy atom. The number of carbonyl (C=O) groups excluding carboxylic acids is 4. The average Bonchev–Trinajstić information content (AvgIpc) is 3.56. The minimum atomic E-state index is -1.85. The zero-order valence-corrected chi connectivity index (χ0v) is 20.5. The van der Waals surface area contributed by atoms with Crippen LogP contribution in [-0.2, 0) is 16.1 Å². The van der Waals surface area contributed by atoms with Gasteiger partial charge in [0.05, 0.1) is 29.3 Å². The highest BCUT2D eigenvalue weighted by Crippen LogP contribution is 2.24. The van der Waals surface area contributed by atoms with E-state index < -0.39 is 41.1 Å². The van der Waals surface area contributed by atoms with Crippen molar-refractivity contribution < 1.29 is 34.1 Å². The highest BCUT2D eigenvalue weighted by atomic mass is 32.1. The lowest BCUT2D eigenvalue weighted by Gasteiger charge is -2.15. The predicted octanol–water partition coefficient (Wildman–Crippen LogP) is 1.99. The van der Waals surface area contributed by atoms with E-state index in [2.05, 4.69) is 25.6 Å². The third-order valence-electron chi connectivity index (χ3n) is 5.46. The number of ether oxygens (including phenoxy) is 1. The number of esters is 1. The van der Waals surface area contributed by atoms with E-state index in [4.69, 9.17) is 0 Å². The molecule has 0 fully saturated rings. The molecule has 38 heavy (non-hydrogen) atoms. The summed E-state index contributed by atoms with van der Waals surface area (Å²) in [6.07, 6.45) is 1.63. The van der Waals surface area contributed by atoms with E-state index in [-0.39, 0.29) is 27.4 Å². The Hall–Kier alpha value is -5.22. The maximum absolute atomic E-state index is 13.0. The standard InChI is InChI=1S/C25H19N5O7S/c1-37-25(36)20(21(33)13-5-15(31)8-16(32)6-13)29-24(35)22-14(9-26)7-19(38-22)23(34)27-10-12-3-2-4-18-17(12)11-28-30-18/h2-8,11,20,31-32H,10H2,1H3,(H,27,34)(H,28,30)(H,29,35)/t20-/m0/s1. The number of aromatic hydroxyl groups is 2. The molecule has 4 rings (SSSR count). The minimum Gasteiger partial charge on any atom is -0.508 e. The van der Waals surface area contributed by atoms with E-state index >= 15 is 0 Å². The van der Waals surface area contributed by atoms with Gasteiger partial charge in [0.1, 0.15) is 22.4 Å². The van der Waals surface area contributed by atoms with Gasteiger partial charge in [-0.2, -0.15) is 10.4 Å². The Kier molecular flexibility index (Phi) is 7.36. The van der Waals surface area contributed by atoms with Crippen molar-refractivity contribution in [2.45, 2.75) is 12.6 Å². The number of phenols is 2. The Morgan fingerprint density at radius 3 is 2.55 bits per heavy atom. The van der Waals surface area contributed by atoms with Crippen LogP contribution >= 0.6 is 11.3 Å². The largest absolute Gasteiger partial charge is 0.508 e. The molecule has 2 amide bonds. The molecule has 0 aliphatic heterocycles. The number of fused-ring (bicyclic) bond motifs is 1. The van der Waals surface area contributed by atoms with Crippen molar-refractivity contribution in [3.63, 3.8) is 0 Å². The summed E-state index contributed by atoms with van der Waals surface area (Å²) in [5.41, 5.74) is 1.20. The van der Waals surface area contributed by atoms with Crippen molar-refractivity contribution in [3.05, 3.63) is 75.1 Å². The van der Waals surface area contributed by atoms with Gasteiger partial charge in [0.15, 0.2) is 11.8 Å². The first-order valence-electron chi connectivity index (χ1n) is 10.9. The summed E-state index contributed by atoms with van der Waals surface area (Å²) in [6, 6.07) is 9.66. The number of aromatic amines is 1. The molecule has 0 aliphatic carbocycles. The number of nitrogens with one attached hydrogen (secondary N) is 3. The monoisotopic (exact) mass is 533 g/mol. The first kappa shape index (κ1) is 25.9. The zero-order valence-electron chi connectivity index (χ0n) is 19.6. The molecular formula is C25H19N5O7S. The summed E-state index contributed by atoms with van der Waals surface area (Å²) in [4.78, 5) is 50.9. The van der Waals surface area contributed by atoms with Crippen LogP contribution in [0.3, 0.4) is 0 Å². The molecule has 0 spiro atoms. The van der Waals surface area contributed by atoms with Crippen LogP contribution in [0, 0.1) is 11.3 Å². The van der Waals surface area contributed by atoms with Crippen molar-refractivity contribution in [3.8, 4) is 17.6 Å². The average molecular weight is 534 g/mol. The van der Waals surface area contributed by atoms with Gasteiger partial charge in [-0.25, -0.2) is 4.79 Å². The topological polar surface area (TPSA) is 194 Å². The van der Waals surface area contributed by atoms with Crippen LogP contribution in [0.4, 0.5) is 0 Å². The van der Waals surface area contributed by atoms with Gasteiger partial charge in [0, 0.05) is 23.6 Å². The molecule has 4 aromatic rings. The number of amides is 2. The van der Waals surface area contributed by atoms with Crippen LogP contribution in [0.25, 0.3) is 10.9 Å². The summed E-state index contributed by atoms with van der Waals surface area (Å²) in [6.45, 7) is 0.159. The number of phenolic OH excluding ortho intramolecular Hbond substituents is 2. The smallest absolute Gasteiger partial charge is 0.336 e. The first-order chi connectivity index (χ1) is 18.2. The molecule has 5 N–H and O–H groups in total. The SMILES string of the molecule is COC(=O)[C@@H](NC(=O)c1sc(C(=O)NCc2cccc3[nH]ncc23)cc1C#N)C(=O)c1cc(O)cc(O)c1. The summed E-state index contributed by atoms with van der Waals surface area (Å²) in [7, 11) is 1.01. The molecule has 12 nitrogen and oxygen atoms in total. The van der Waals surface area contributed by atoms with Crippen molar-refractivity contribution in [2.75, 3.05) is 7.11 Å². The number of Topliss-reactive ketones (excluding diaryl/α,β-unsaturated/α-hetero) is 1. The number of aromatic nitrogens is 2. The van der Waals surface area contributed by atoms with Crippen LogP contribution in [0.5, 0.6) is 11.5 Å². The Morgan fingerprint density at radius 2 is 1.87 bits per heavy atom. The quantitative estimate of drug-likeness (QED) is 0.128. The second-order valence-electron chi connectivity index (χ2n) is 7.93. The zero-order chi connectivity index (χ0) is 27.4. The van der Waals surface area contributed by atoms with Gasteiger partial charge in [-0.15, -0.1) is 11.3 Å². The molecule has 0 bridgehead atoms. The van der Waals surface area contributed by atoms with Gasteiger partial charge < -0.3 is 25.6 Å². The van der Waals surface area contributed by atoms with Crippen molar-refractivity contribution in [2.24, 2.45) is 0 Å². The number of carbonyl (C=O) groups is 4. The number of nitrogens with zero attached hydrogens (tertiary/aromatic N) is 2. The lowest BCUT2D eigenvalue weighted by molar-refractivity contribution is -0.141. The molecule has 0 unspecified atom stereocenters. The number of hydrogen-bond acceptors (Lipinski definition) is 10. The molecular weight excluding hydrogens is 514 g/mol. The Labute approximate surface area is 218 Å². The number of rotatable bonds is 8. The van der Waals surface area contributed by atoms with Gasteiger partial charge in [-0.05, 0) is 29.8 Å². The highest BCUT2D eigenvalue weighted by Gasteiger charge is 2.32. The van der Waals surface area contributed by atoms with E-state index in [1.54, 1.807) is 12.3 Å². The van der Waals surface area contributed by atoms with Crippen molar-refractivity contribution in [1.29, 1.82) is 5.26 Å². The number of thiophene rings is 1. The van der Waals surface area contributed by atoms with Crippen LogP contribution in [0.15, 0.2) is 48.7 Å². The number of H-pyrrole nitrogens is 1. The van der Waals surface area contributed by atoms with Crippen LogP contribution < -0.4 is 10.6 Å². The maximum Gasteiger partial charge on any atom is 0.336 e. The fourth-order valence-corrected chi connectivity index (χ4v) is 4.58. The third kappa shape index (κ3) is 5.30. The lowest BCUT2D eigenvalue weighted by atomic mass is 10.0. The fraction of sp³-hybridized carbons (Fsp3) is 0.120. The summed E-state index contributed by atoms with van der Waals surface area (Å²) >= 11 is 0.706. The van der Waals surface area contributed by atoms with Crippen LogP contribution in [0.2, 0.25) is 0 Å². The van der Waals surface area contributed by atoms with Gasteiger partial charge in [0.2, 0.25) is 0 Å². The number of nitriles is 1. The molecule has 1 atom stereocenters. The maximum atomic E-state index is 13.0. The summed E-state index contributed by atoms with van der Waals surface area (Å²) in [5, 5.41) is 41.5. The molecule has 13 heteroatoms. The summed E-state index contributed by atoms with van der Waals surface area (Å²) < 4.78 is 4.62. The van der Waals surface area contributed by atoms with E-state index in [9.17, 15) is 34.7 Å². The third-order valence-corrected chi connectivity index (χ3v) is 6.59. The predicted molar refractivity (Wildman–Crippen MR) is 134 cm³/mol. The van der Waals surface area contributed by atoms with Gasteiger partial charge in [-0.1, -0.05) is 12.1 Å². The van der Waals surface area contributed by atoms with E-state index in [0.717, 1.165) is 41.8 Å². The number of hydrogen-bond donors (Lipinski definition) is 5. The normalized spacial score (nSPS) is 11.4. The summed E-state index contributed by atoms with van der Waals surface area (Å²) in [5.74, 6) is -4.48. The molecule has 2 heterocycles.